The first-order valence-electron chi connectivity index (χ1n) is 9.37. The standard InChI is InChI=1S/C22H19FN4O3S/c1-14-10-20(25-21(28)12-30-18-5-3-4-17(11-18)29-2)27(26-14)22-24-19(13-31-22)15-6-8-16(23)9-7-15/h3-11,13H,12H2,1-2H3,(H,25,28). The molecular formula is C22H19FN4O3S. The van der Waals surface area contributed by atoms with Crippen LogP contribution in [0.2, 0.25) is 0 Å². The van der Waals surface area contributed by atoms with E-state index < -0.39 is 0 Å². The summed E-state index contributed by atoms with van der Waals surface area (Å²) in [7, 11) is 1.56. The lowest BCUT2D eigenvalue weighted by Gasteiger charge is -2.09. The quantitative estimate of drug-likeness (QED) is 0.461. The van der Waals surface area contributed by atoms with Crippen LogP contribution in [-0.4, -0.2) is 34.4 Å². The molecule has 158 valence electrons. The molecule has 0 saturated carbocycles. The van der Waals surface area contributed by atoms with Crippen LogP contribution in [0.3, 0.4) is 0 Å². The molecule has 4 rings (SSSR count). The molecule has 0 spiro atoms. The van der Waals surface area contributed by atoms with Gasteiger partial charge in [-0.1, -0.05) is 6.07 Å². The molecule has 0 bridgehead atoms. The molecule has 0 aliphatic rings. The predicted octanol–water partition coefficient (Wildman–Crippen LogP) is 4.47. The number of methoxy groups -OCH3 is 1. The summed E-state index contributed by atoms with van der Waals surface area (Å²) in [5.41, 5.74) is 2.22. The smallest absolute Gasteiger partial charge is 0.263 e. The maximum absolute atomic E-state index is 13.2. The van der Waals surface area contributed by atoms with E-state index in [4.69, 9.17) is 9.47 Å². The van der Waals surface area contributed by atoms with Crippen molar-refractivity contribution >= 4 is 23.1 Å². The minimum atomic E-state index is -0.334. The number of hydrogen-bond donors (Lipinski definition) is 1. The van der Waals surface area contributed by atoms with Crippen LogP contribution in [0.15, 0.2) is 60.0 Å². The van der Waals surface area contributed by atoms with Crippen molar-refractivity contribution in [2.45, 2.75) is 6.92 Å². The molecule has 0 aliphatic heterocycles. The number of hydrogen-bond acceptors (Lipinski definition) is 6. The number of ether oxygens (including phenoxy) is 2. The number of aromatic nitrogens is 3. The first kappa shape index (κ1) is 20.5. The Hall–Kier alpha value is -3.72. The number of halogens is 1. The molecule has 2 heterocycles. The Morgan fingerprint density at radius 2 is 1.94 bits per heavy atom. The summed E-state index contributed by atoms with van der Waals surface area (Å²) in [5.74, 6) is 1.02. The molecule has 4 aromatic rings. The lowest BCUT2D eigenvalue weighted by molar-refractivity contribution is -0.118. The van der Waals surface area contributed by atoms with Gasteiger partial charge in [0.05, 0.1) is 18.5 Å². The minimum Gasteiger partial charge on any atom is -0.497 e. The predicted molar refractivity (Wildman–Crippen MR) is 116 cm³/mol. The summed E-state index contributed by atoms with van der Waals surface area (Å²) in [5, 5.41) is 9.67. The van der Waals surface area contributed by atoms with Crippen LogP contribution in [0.25, 0.3) is 16.4 Å². The zero-order valence-electron chi connectivity index (χ0n) is 16.8. The SMILES string of the molecule is COc1cccc(OCC(=O)Nc2cc(C)nn2-c2nc(-c3ccc(F)cc3)cs2)c1. The normalized spacial score (nSPS) is 10.7. The van der Waals surface area contributed by atoms with Gasteiger partial charge in [0, 0.05) is 23.1 Å². The Kier molecular flexibility index (Phi) is 5.94. The molecule has 9 heteroatoms. The number of benzene rings is 2. The van der Waals surface area contributed by atoms with E-state index in [2.05, 4.69) is 15.4 Å². The summed E-state index contributed by atoms with van der Waals surface area (Å²) < 4.78 is 25.4. The van der Waals surface area contributed by atoms with E-state index in [9.17, 15) is 9.18 Å². The van der Waals surface area contributed by atoms with Crippen molar-refractivity contribution in [2.75, 3.05) is 19.0 Å². The van der Waals surface area contributed by atoms with Gasteiger partial charge in [0.1, 0.15) is 23.1 Å². The highest BCUT2D eigenvalue weighted by Crippen LogP contribution is 2.26. The van der Waals surface area contributed by atoms with Gasteiger partial charge in [-0.3, -0.25) is 4.79 Å². The van der Waals surface area contributed by atoms with Crippen molar-refractivity contribution in [3.8, 4) is 27.9 Å². The second-order valence-corrected chi connectivity index (χ2v) is 7.46. The van der Waals surface area contributed by atoms with Crippen LogP contribution in [0.5, 0.6) is 11.5 Å². The average molecular weight is 438 g/mol. The van der Waals surface area contributed by atoms with Crippen molar-refractivity contribution in [3.63, 3.8) is 0 Å². The van der Waals surface area contributed by atoms with Gasteiger partial charge >= 0.3 is 0 Å². The van der Waals surface area contributed by atoms with Gasteiger partial charge in [0.15, 0.2) is 6.61 Å². The van der Waals surface area contributed by atoms with Crippen LogP contribution in [0.4, 0.5) is 10.2 Å². The fourth-order valence-electron chi connectivity index (χ4n) is 2.87. The third kappa shape index (κ3) is 4.89. The van der Waals surface area contributed by atoms with Crippen molar-refractivity contribution < 1.29 is 18.7 Å². The largest absolute Gasteiger partial charge is 0.497 e. The number of thiazole rings is 1. The Balaban J connectivity index is 1.47. The van der Waals surface area contributed by atoms with E-state index in [1.807, 2.05) is 12.3 Å². The number of anilines is 1. The molecule has 0 aliphatic carbocycles. The van der Waals surface area contributed by atoms with Gasteiger partial charge in [-0.2, -0.15) is 9.78 Å². The fourth-order valence-corrected chi connectivity index (χ4v) is 3.66. The zero-order chi connectivity index (χ0) is 21.8. The Labute approximate surface area is 182 Å². The van der Waals surface area contributed by atoms with Crippen LogP contribution in [0, 0.1) is 12.7 Å². The third-order valence-electron chi connectivity index (χ3n) is 4.32. The number of nitrogens with one attached hydrogen (secondary N) is 1. The molecule has 0 atom stereocenters. The molecule has 31 heavy (non-hydrogen) atoms. The molecule has 0 unspecified atom stereocenters. The highest BCUT2D eigenvalue weighted by molar-refractivity contribution is 7.12. The highest BCUT2D eigenvalue weighted by atomic mass is 32.1. The number of rotatable bonds is 7. The van der Waals surface area contributed by atoms with E-state index in [0.717, 1.165) is 11.3 Å². The van der Waals surface area contributed by atoms with E-state index in [1.54, 1.807) is 54.3 Å². The van der Waals surface area contributed by atoms with Crippen LogP contribution < -0.4 is 14.8 Å². The lowest BCUT2D eigenvalue weighted by Crippen LogP contribution is -2.21. The minimum absolute atomic E-state index is 0.171. The van der Waals surface area contributed by atoms with Crippen molar-refractivity contribution in [1.82, 2.24) is 14.8 Å². The molecule has 0 saturated heterocycles. The van der Waals surface area contributed by atoms with E-state index >= 15 is 0 Å². The van der Waals surface area contributed by atoms with Crippen molar-refractivity contribution in [1.29, 1.82) is 0 Å². The molecule has 2 aromatic heterocycles. The summed E-state index contributed by atoms with van der Waals surface area (Å²) in [6.07, 6.45) is 0. The molecule has 0 fully saturated rings. The number of nitrogens with zero attached hydrogens (tertiary/aromatic N) is 3. The van der Waals surface area contributed by atoms with Gasteiger partial charge in [-0.25, -0.2) is 9.37 Å². The molecule has 1 N–H and O–H groups in total. The first-order chi connectivity index (χ1) is 15.0. The number of carbonyl (C=O) groups excluding carboxylic acids is 1. The van der Waals surface area contributed by atoms with Gasteiger partial charge in [0.2, 0.25) is 5.13 Å². The molecule has 1 amide bonds. The number of carbonyl (C=O) groups is 1. The maximum Gasteiger partial charge on any atom is 0.263 e. The summed E-state index contributed by atoms with van der Waals surface area (Å²) >= 11 is 1.37. The monoisotopic (exact) mass is 438 g/mol. The molecular weight excluding hydrogens is 419 g/mol. The molecule has 0 radical (unpaired) electrons. The van der Waals surface area contributed by atoms with Crippen LogP contribution in [0.1, 0.15) is 5.69 Å². The van der Waals surface area contributed by atoms with Crippen molar-refractivity contribution in [3.05, 3.63) is 71.5 Å². The Morgan fingerprint density at radius 1 is 1.16 bits per heavy atom. The average Bonchev–Trinajstić information content (AvgIpc) is 3.39. The Morgan fingerprint density at radius 3 is 2.71 bits per heavy atom. The van der Waals surface area contributed by atoms with E-state index in [-0.39, 0.29) is 18.3 Å². The van der Waals surface area contributed by atoms with E-state index in [1.165, 1.54) is 23.5 Å². The maximum atomic E-state index is 13.2. The fraction of sp³-hybridized carbons (Fsp3) is 0.136. The summed E-state index contributed by atoms with van der Waals surface area (Å²) in [6, 6.07) is 14.9. The topological polar surface area (TPSA) is 78.3 Å². The van der Waals surface area contributed by atoms with Crippen molar-refractivity contribution in [2.24, 2.45) is 0 Å². The highest BCUT2D eigenvalue weighted by Gasteiger charge is 2.15. The number of aryl methyl sites for hydroxylation is 1. The second kappa shape index (κ2) is 8.97. The Bertz CT molecular complexity index is 1200. The molecule has 2 aromatic carbocycles. The van der Waals surface area contributed by atoms with E-state index in [0.29, 0.717) is 28.1 Å². The zero-order valence-corrected chi connectivity index (χ0v) is 17.6. The van der Waals surface area contributed by atoms with Gasteiger partial charge in [-0.05, 0) is 43.3 Å². The van der Waals surface area contributed by atoms with Gasteiger partial charge in [0.25, 0.3) is 5.91 Å². The van der Waals surface area contributed by atoms with Gasteiger partial charge in [-0.15, -0.1) is 11.3 Å². The lowest BCUT2D eigenvalue weighted by atomic mass is 10.2. The molecule has 7 nitrogen and oxygen atoms in total. The first-order valence-corrected chi connectivity index (χ1v) is 10.2. The summed E-state index contributed by atoms with van der Waals surface area (Å²) in [6.45, 7) is 1.66. The van der Waals surface area contributed by atoms with Crippen LogP contribution >= 0.6 is 11.3 Å². The summed E-state index contributed by atoms with van der Waals surface area (Å²) in [4.78, 5) is 17.0. The van der Waals surface area contributed by atoms with Gasteiger partial charge < -0.3 is 14.8 Å². The number of amides is 1. The third-order valence-corrected chi connectivity index (χ3v) is 5.14. The van der Waals surface area contributed by atoms with Crippen LogP contribution in [-0.2, 0) is 4.79 Å². The second-order valence-electron chi connectivity index (χ2n) is 6.62.